The van der Waals surface area contributed by atoms with Gasteiger partial charge in [0.25, 0.3) is 11.6 Å². The van der Waals surface area contributed by atoms with Crippen LogP contribution >= 0.6 is 0 Å². The van der Waals surface area contributed by atoms with E-state index in [0.29, 0.717) is 5.56 Å². The van der Waals surface area contributed by atoms with Gasteiger partial charge in [0.05, 0.1) is 17.7 Å². The second-order valence-electron chi connectivity index (χ2n) is 7.84. The minimum atomic E-state index is -0.933. The van der Waals surface area contributed by atoms with E-state index in [9.17, 15) is 19.7 Å². The molecule has 0 bridgehead atoms. The van der Waals surface area contributed by atoms with E-state index in [1.165, 1.54) is 30.5 Å². The van der Waals surface area contributed by atoms with E-state index in [4.69, 9.17) is 4.74 Å². The van der Waals surface area contributed by atoms with Crippen molar-refractivity contribution in [2.75, 3.05) is 6.61 Å². The fourth-order valence-electron chi connectivity index (χ4n) is 3.09. The molecule has 0 radical (unpaired) electrons. The van der Waals surface area contributed by atoms with Gasteiger partial charge in [-0.05, 0) is 35.2 Å². The molecule has 0 spiro atoms. The average molecular weight is 451 g/mol. The lowest BCUT2D eigenvalue weighted by Gasteiger charge is -2.17. The average Bonchev–Trinajstić information content (AvgIpc) is 3.20. The van der Waals surface area contributed by atoms with Gasteiger partial charge in [0.1, 0.15) is 6.04 Å². The van der Waals surface area contributed by atoms with Crippen LogP contribution in [0.5, 0.6) is 0 Å². The molecule has 0 saturated carbocycles. The Morgan fingerprint density at radius 2 is 1.91 bits per heavy atom. The molecule has 0 aliphatic rings. The van der Waals surface area contributed by atoms with Gasteiger partial charge in [-0.3, -0.25) is 14.9 Å². The maximum atomic E-state index is 12.8. The van der Waals surface area contributed by atoms with E-state index in [0.717, 1.165) is 16.5 Å². The van der Waals surface area contributed by atoms with E-state index in [2.05, 4.69) is 20.8 Å². The standard InChI is InChI=1S/C23H25N5O5/c1-15(2)14-33-23(30)26-21(11-17-13-24-20-6-4-3-5-19(17)20)22(29)27-25-12-16-7-9-18(10-8-16)28(31)32/h3-10,12-13,15,21,24H,11,14H2,1-2H3,(H,26,30)(H,27,29)/b25-12+. The molecule has 1 heterocycles. The number of benzene rings is 2. The van der Waals surface area contributed by atoms with E-state index in [1.54, 1.807) is 6.20 Å². The first-order valence-corrected chi connectivity index (χ1v) is 10.4. The molecule has 1 unspecified atom stereocenters. The monoisotopic (exact) mass is 451 g/mol. The lowest BCUT2D eigenvalue weighted by molar-refractivity contribution is -0.384. The second kappa shape index (κ2) is 10.9. The van der Waals surface area contributed by atoms with Crippen molar-refractivity contribution in [1.29, 1.82) is 0 Å². The van der Waals surface area contributed by atoms with Crippen LogP contribution in [0.1, 0.15) is 25.0 Å². The summed E-state index contributed by atoms with van der Waals surface area (Å²) in [5, 5.41) is 18.2. The van der Waals surface area contributed by atoms with Gasteiger partial charge in [-0.2, -0.15) is 5.10 Å². The molecule has 2 aromatic carbocycles. The summed E-state index contributed by atoms with van der Waals surface area (Å²) in [6.07, 6.45) is 2.69. The highest BCUT2D eigenvalue weighted by molar-refractivity contribution is 5.89. The van der Waals surface area contributed by atoms with Crippen LogP contribution in [0.15, 0.2) is 59.8 Å². The number of alkyl carbamates (subject to hydrolysis) is 1. The summed E-state index contributed by atoms with van der Waals surface area (Å²) in [6, 6.07) is 12.4. The Balaban J connectivity index is 1.70. The van der Waals surface area contributed by atoms with Crippen molar-refractivity contribution in [2.45, 2.75) is 26.3 Å². The smallest absolute Gasteiger partial charge is 0.407 e. The molecule has 172 valence electrons. The largest absolute Gasteiger partial charge is 0.449 e. The molecule has 10 nitrogen and oxygen atoms in total. The van der Waals surface area contributed by atoms with Gasteiger partial charge in [-0.15, -0.1) is 0 Å². The summed E-state index contributed by atoms with van der Waals surface area (Å²) in [7, 11) is 0. The van der Waals surface area contributed by atoms with E-state index in [1.807, 2.05) is 38.1 Å². The van der Waals surface area contributed by atoms with Crippen molar-refractivity contribution in [2.24, 2.45) is 11.0 Å². The Morgan fingerprint density at radius 1 is 1.18 bits per heavy atom. The number of carbonyl (C=O) groups excluding carboxylic acids is 2. The number of nitro benzene ring substituents is 1. The van der Waals surface area contributed by atoms with Crippen LogP contribution in [0.25, 0.3) is 10.9 Å². The summed E-state index contributed by atoms with van der Waals surface area (Å²) >= 11 is 0. The molecule has 2 amide bonds. The number of hydrazone groups is 1. The first kappa shape index (κ1) is 23.5. The van der Waals surface area contributed by atoms with Crippen LogP contribution in [0.2, 0.25) is 0 Å². The predicted molar refractivity (Wildman–Crippen MR) is 124 cm³/mol. The molecule has 0 aliphatic heterocycles. The first-order chi connectivity index (χ1) is 15.8. The number of rotatable bonds is 9. The molecule has 0 saturated heterocycles. The van der Waals surface area contributed by atoms with E-state index >= 15 is 0 Å². The maximum absolute atomic E-state index is 12.8. The van der Waals surface area contributed by atoms with Gasteiger partial charge >= 0.3 is 6.09 Å². The molecule has 10 heteroatoms. The van der Waals surface area contributed by atoms with Gasteiger partial charge in [0.15, 0.2) is 0 Å². The lowest BCUT2D eigenvalue weighted by Crippen LogP contribution is -2.47. The number of nitrogens with one attached hydrogen (secondary N) is 3. The Morgan fingerprint density at radius 3 is 2.61 bits per heavy atom. The highest BCUT2D eigenvalue weighted by Gasteiger charge is 2.23. The minimum absolute atomic E-state index is 0.0425. The number of nitro groups is 1. The molecule has 0 fully saturated rings. The van der Waals surface area contributed by atoms with Crippen LogP contribution in [0.4, 0.5) is 10.5 Å². The summed E-state index contributed by atoms with van der Waals surface area (Å²) in [5.74, 6) is -0.372. The normalized spacial score (nSPS) is 12.1. The van der Waals surface area contributed by atoms with Crippen LogP contribution in [-0.4, -0.2) is 40.8 Å². The van der Waals surface area contributed by atoms with Gasteiger partial charge in [0.2, 0.25) is 0 Å². The molecule has 33 heavy (non-hydrogen) atoms. The van der Waals surface area contributed by atoms with Crippen LogP contribution < -0.4 is 10.7 Å². The molecular formula is C23H25N5O5. The Hall–Kier alpha value is -4.21. The van der Waals surface area contributed by atoms with Crippen molar-refractivity contribution in [3.05, 3.63) is 76.0 Å². The number of aromatic amines is 1. The summed E-state index contributed by atoms with van der Waals surface area (Å²) < 4.78 is 5.16. The van der Waals surface area contributed by atoms with E-state index < -0.39 is 23.0 Å². The number of amides is 2. The zero-order chi connectivity index (χ0) is 23.8. The molecule has 3 rings (SSSR count). The quantitative estimate of drug-likeness (QED) is 0.259. The second-order valence-corrected chi connectivity index (χ2v) is 7.84. The van der Waals surface area contributed by atoms with Gasteiger partial charge in [0, 0.05) is 35.7 Å². The number of carbonyl (C=O) groups is 2. The number of hydrogen-bond acceptors (Lipinski definition) is 6. The number of nitrogens with zero attached hydrogens (tertiary/aromatic N) is 2. The summed E-state index contributed by atoms with van der Waals surface area (Å²) in [6.45, 7) is 4.05. The summed E-state index contributed by atoms with van der Waals surface area (Å²) in [4.78, 5) is 38.4. The topological polar surface area (TPSA) is 139 Å². The fourth-order valence-corrected chi connectivity index (χ4v) is 3.09. The lowest BCUT2D eigenvalue weighted by atomic mass is 10.0. The highest BCUT2D eigenvalue weighted by Crippen LogP contribution is 2.19. The maximum Gasteiger partial charge on any atom is 0.407 e. The number of non-ortho nitro benzene ring substituents is 1. The third-order valence-corrected chi connectivity index (χ3v) is 4.75. The molecule has 1 atom stereocenters. The molecule has 1 aromatic heterocycles. The van der Waals surface area contributed by atoms with Crippen molar-refractivity contribution >= 4 is 34.8 Å². The predicted octanol–water partition coefficient (Wildman–Crippen LogP) is 3.52. The van der Waals surface area contributed by atoms with Crippen LogP contribution in [0, 0.1) is 16.0 Å². The third kappa shape index (κ3) is 6.63. The van der Waals surface area contributed by atoms with Crippen molar-refractivity contribution < 1.29 is 19.2 Å². The third-order valence-electron chi connectivity index (χ3n) is 4.75. The number of ether oxygens (including phenoxy) is 1. The first-order valence-electron chi connectivity index (χ1n) is 10.4. The zero-order valence-electron chi connectivity index (χ0n) is 18.3. The Labute approximate surface area is 190 Å². The number of fused-ring (bicyclic) bond motifs is 1. The molecule has 3 N–H and O–H groups in total. The molecule has 3 aromatic rings. The number of para-hydroxylation sites is 1. The number of H-pyrrole nitrogens is 1. The number of hydrogen-bond donors (Lipinski definition) is 3. The zero-order valence-corrected chi connectivity index (χ0v) is 18.3. The van der Waals surface area contributed by atoms with Crippen molar-refractivity contribution in [1.82, 2.24) is 15.7 Å². The van der Waals surface area contributed by atoms with Crippen molar-refractivity contribution in [3.63, 3.8) is 0 Å². The Kier molecular flexibility index (Phi) is 7.74. The SMILES string of the molecule is CC(C)COC(=O)NC(Cc1c[nH]c2ccccc12)C(=O)N/N=C/c1ccc([N+](=O)[O-])cc1. The minimum Gasteiger partial charge on any atom is -0.449 e. The van der Waals surface area contributed by atoms with Crippen LogP contribution in [0.3, 0.4) is 0 Å². The van der Waals surface area contributed by atoms with Gasteiger partial charge in [-0.25, -0.2) is 10.2 Å². The van der Waals surface area contributed by atoms with Crippen molar-refractivity contribution in [3.8, 4) is 0 Å². The van der Waals surface area contributed by atoms with E-state index in [-0.39, 0.29) is 24.6 Å². The Bertz CT molecular complexity index is 1150. The van der Waals surface area contributed by atoms with Gasteiger partial charge in [-0.1, -0.05) is 32.0 Å². The summed E-state index contributed by atoms with van der Waals surface area (Å²) in [5.41, 5.74) is 4.72. The molecular weight excluding hydrogens is 426 g/mol. The fraction of sp³-hybridized carbons (Fsp3) is 0.261. The molecule has 0 aliphatic carbocycles. The van der Waals surface area contributed by atoms with Crippen LogP contribution in [-0.2, 0) is 16.0 Å². The van der Waals surface area contributed by atoms with Gasteiger partial charge < -0.3 is 15.0 Å². The highest BCUT2D eigenvalue weighted by atomic mass is 16.6. The number of aromatic nitrogens is 1.